The van der Waals surface area contributed by atoms with E-state index in [1.54, 1.807) is 7.11 Å². The summed E-state index contributed by atoms with van der Waals surface area (Å²) >= 11 is 0. The largest absolute Gasteiger partial charge is 0.457 e. The van der Waals surface area contributed by atoms with Crippen molar-refractivity contribution >= 4 is 6.09 Å². The average molecular weight is 371 g/mol. The average Bonchev–Trinajstić information content (AvgIpc) is 2.60. The summed E-state index contributed by atoms with van der Waals surface area (Å²) in [4.78, 5) is 11.8. The molecular formula is C22H29NO4. The lowest BCUT2D eigenvalue weighted by atomic mass is 9.63. The molecule has 2 aromatic rings. The number of benzene rings is 2. The van der Waals surface area contributed by atoms with Crippen molar-refractivity contribution in [3.05, 3.63) is 60.2 Å². The van der Waals surface area contributed by atoms with Crippen molar-refractivity contribution in [3.63, 3.8) is 0 Å². The Labute approximate surface area is 161 Å². The second kappa shape index (κ2) is 7.61. The summed E-state index contributed by atoms with van der Waals surface area (Å²) in [6.45, 7) is 9.74. The molecule has 0 aliphatic carbocycles. The van der Waals surface area contributed by atoms with Gasteiger partial charge in [0.2, 0.25) is 0 Å². The molecule has 0 spiro atoms. The van der Waals surface area contributed by atoms with Crippen LogP contribution in [-0.2, 0) is 15.1 Å². The molecule has 0 saturated heterocycles. The zero-order chi connectivity index (χ0) is 20.3. The van der Waals surface area contributed by atoms with Crippen molar-refractivity contribution in [2.75, 3.05) is 7.11 Å². The number of primary amides is 1. The summed E-state index contributed by atoms with van der Waals surface area (Å²) in [6, 6.07) is 17.0. The van der Waals surface area contributed by atoms with Gasteiger partial charge in [-0.15, -0.1) is 0 Å². The van der Waals surface area contributed by atoms with Crippen molar-refractivity contribution in [3.8, 4) is 11.5 Å². The summed E-state index contributed by atoms with van der Waals surface area (Å²) in [5, 5.41) is 0. The molecule has 1 amide bonds. The molecule has 0 aromatic heterocycles. The van der Waals surface area contributed by atoms with E-state index in [2.05, 4.69) is 0 Å². The van der Waals surface area contributed by atoms with Crippen LogP contribution in [0, 0.1) is 5.41 Å². The Kier molecular flexibility index (Phi) is 5.85. The third-order valence-electron chi connectivity index (χ3n) is 4.91. The number of hydrogen-bond acceptors (Lipinski definition) is 4. The van der Waals surface area contributed by atoms with E-state index in [0.29, 0.717) is 5.75 Å². The first-order chi connectivity index (χ1) is 12.5. The highest BCUT2D eigenvalue weighted by Gasteiger charge is 2.58. The molecule has 0 radical (unpaired) electrons. The van der Waals surface area contributed by atoms with Crippen LogP contribution in [0.3, 0.4) is 0 Å². The molecule has 5 nitrogen and oxygen atoms in total. The number of nitrogens with two attached hydrogens (primary N) is 1. The van der Waals surface area contributed by atoms with Gasteiger partial charge < -0.3 is 19.9 Å². The zero-order valence-corrected chi connectivity index (χ0v) is 16.9. The molecule has 5 heteroatoms. The molecule has 0 heterocycles. The van der Waals surface area contributed by atoms with Gasteiger partial charge in [0, 0.05) is 12.5 Å². The van der Waals surface area contributed by atoms with Gasteiger partial charge in [-0.25, -0.2) is 4.79 Å². The molecule has 27 heavy (non-hydrogen) atoms. The Bertz CT molecular complexity index is 763. The zero-order valence-electron chi connectivity index (χ0n) is 16.9. The standard InChI is InChI=1S/C22H29NO4/c1-20(2,3)22(27-19(23)24,21(4,5)25-6)16-12-14-18(15-13-16)26-17-10-8-7-9-11-17/h7-15H,1-6H3,(H2,23,24)/t22-/m0/s1. The minimum absolute atomic E-state index is 0.497. The first-order valence-corrected chi connectivity index (χ1v) is 8.90. The lowest BCUT2D eigenvalue weighted by Gasteiger charge is -2.52. The molecule has 2 rings (SSSR count). The highest BCUT2D eigenvalue weighted by atomic mass is 16.6. The third-order valence-corrected chi connectivity index (χ3v) is 4.91. The molecule has 146 valence electrons. The summed E-state index contributed by atoms with van der Waals surface area (Å²) in [6.07, 6.45) is -0.848. The normalized spacial score (nSPS) is 14.3. The summed E-state index contributed by atoms with van der Waals surface area (Å²) in [5.74, 6) is 1.43. The van der Waals surface area contributed by atoms with Crippen LogP contribution in [0.4, 0.5) is 4.79 Å². The van der Waals surface area contributed by atoms with E-state index < -0.39 is 22.7 Å². The van der Waals surface area contributed by atoms with Crippen LogP contribution >= 0.6 is 0 Å². The Morgan fingerprint density at radius 1 is 0.852 bits per heavy atom. The number of methoxy groups -OCH3 is 1. The highest BCUT2D eigenvalue weighted by Crippen LogP contribution is 2.51. The fourth-order valence-corrected chi connectivity index (χ4v) is 3.70. The van der Waals surface area contributed by atoms with E-state index in [1.807, 2.05) is 89.2 Å². The fraction of sp³-hybridized carbons (Fsp3) is 0.409. The van der Waals surface area contributed by atoms with Crippen molar-refractivity contribution in [2.24, 2.45) is 11.1 Å². The van der Waals surface area contributed by atoms with Crippen LogP contribution in [0.25, 0.3) is 0 Å². The van der Waals surface area contributed by atoms with Gasteiger partial charge in [-0.2, -0.15) is 0 Å². The predicted octanol–water partition coefficient (Wildman–Crippen LogP) is 5.24. The van der Waals surface area contributed by atoms with Crippen LogP contribution in [-0.4, -0.2) is 18.8 Å². The van der Waals surface area contributed by atoms with Crippen molar-refractivity contribution in [2.45, 2.75) is 45.8 Å². The predicted molar refractivity (Wildman–Crippen MR) is 106 cm³/mol. The molecule has 1 atom stereocenters. The van der Waals surface area contributed by atoms with Gasteiger partial charge in [-0.05, 0) is 43.7 Å². The summed E-state index contributed by atoms with van der Waals surface area (Å²) < 4.78 is 17.4. The number of ether oxygens (including phenoxy) is 3. The molecule has 0 saturated carbocycles. The second-order valence-corrected chi connectivity index (χ2v) is 8.01. The third kappa shape index (κ3) is 4.08. The molecule has 0 aliphatic heterocycles. The summed E-state index contributed by atoms with van der Waals surface area (Å²) in [7, 11) is 1.59. The van der Waals surface area contributed by atoms with Crippen molar-refractivity contribution in [1.82, 2.24) is 0 Å². The lowest BCUT2D eigenvalue weighted by Crippen LogP contribution is -2.59. The van der Waals surface area contributed by atoms with Gasteiger partial charge in [-0.1, -0.05) is 51.1 Å². The molecule has 0 aliphatic rings. The van der Waals surface area contributed by atoms with Gasteiger partial charge in [0.05, 0.1) is 0 Å². The number of hydrogen-bond donors (Lipinski definition) is 1. The minimum atomic E-state index is -1.11. The Hall–Kier alpha value is -2.53. The van der Waals surface area contributed by atoms with Gasteiger partial charge in [0.1, 0.15) is 17.1 Å². The molecular weight excluding hydrogens is 342 g/mol. The highest BCUT2D eigenvalue weighted by molar-refractivity contribution is 5.66. The Morgan fingerprint density at radius 2 is 1.37 bits per heavy atom. The maximum Gasteiger partial charge on any atom is 0.405 e. The number of carbonyl (C=O) groups is 1. The first kappa shape index (κ1) is 20.8. The van der Waals surface area contributed by atoms with Crippen molar-refractivity contribution < 1.29 is 19.0 Å². The van der Waals surface area contributed by atoms with Crippen LogP contribution < -0.4 is 10.5 Å². The van der Waals surface area contributed by atoms with E-state index in [1.165, 1.54) is 0 Å². The SMILES string of the molecule is COC(C)(C)[C@](OC(N)=O)(c1ccc(Oc2ccccc2)cc1)C(C)(C)C. The molecule has 2 N–H and O–H groups in total. The molecule has 0 fully saturated rings. The van der Waals surface area contributed by atoms with E-state index in [-0.39, 0.29) is 0 Å². The van der Waals surface area contributed by atoms with Crippen LogP contribution in [0.1, 0.15) is 40.2 Å². The monoisotopic (exact) mass is 371 g/mol. The smallest absolute Gasteiger partial charge is 0.405 e. The van der Waals surface area contributed by atoms with Crippen LogP contribution in [0.15, 0.2) is 54.6 Å². The Morgan fingerprint density at radius 3 is 1.81 bits per heavy atom. The number of amides is 1. The topological polar surface area (TPSA) is 70.8 Å². The van der Waals surface area contributed by atoms with Gasteiger partial charge in [-0.3, -0.25) is 0 Å². The summed E-state index contributed by atoms with van der Waals surface area (Å²) in [5.41, 5.74) is 3.80. The first-order valence-electron chi connectivity index (χ1n) is 8.90. The van der Waals surface area contributed by atoms with E-state index in [9.17, 15) is 4.79 Å². The van der Waals surface area contributed by atoms with Gasteiger partial charge >= 0.3 is 6.09 Å². The fourth-order valence-electron chi connectivity index (χ4n) is 3.70. The number of rotatable bonds is 6. The van der Waals surface area contributed by atoms with Gasteiger partial charge in [0.15, 0.2) is 5.60 Å². The quantitative estimate of drug-likeness (QED) is 0.754. The molecule has 2 aromatic carbocycles. The van der Waals surface area contributed by atoms with E-state index >= 15 is 0 Å². The Balaban J connectivity index is 2.51. The van der Waals surface area contributed by atoms with Crippen LogP contribution in [0.5, 0.6) is 11.5 Å². The number of para-hydroxylation sites is 1. The minimum Gasteiger partial charge on any atom is -0.457 e. The molecule has 0 bridgehead atoms. The van der Waals surface area contributed by atoms with E-state index in [0.717, 1.165) is 11.3 Å². The van der Waals surface area contributed by atoms with E-state index in [4.69, 9.17) is 19.9 Å². The maximum atomic E-state index is 11.8. The second-order valence-electron chi connectivity index (χ2n) is 8.01. The van der Waals surface area contributed by atoms with Crippen molar-refractivity contribution in [1.29, 1.82) is 0 Å². The lowest BCUT2D eigenvalue weighted by molar-refractivity contribution is -0.206. The van der Waals surface area contributed by atoms with Gasteiger partial charge in [0.25, 0.3) is 0 Å². The van der Waals surface area contributed by atoms with Crippen LogP contribution in [0.2, 0.25) is 0 Å². The number of carbonyl (C=O) groups excluding carboxylic acids is 1. The molecule has 0 unspecified atom stereocenters. The maximum absolute atomic E-state index is 11.8.